The smallest absolute Gasteiger partial charge is 0.326 e. The number of carboxylic acid groups (broad SMARTS) is 3. The lowest BCUT2D eigenvalue weighted by Crippen LogP contribution is -2.44. The number of carbonyl (C=O) groups excluding carboxylic acids is 7. The van der Waals surface area contributed by atoms with E-state index in [9.17, 15) is 71.7 Å². The molecule has 0 saturated heterocycles. The van der Waals surface area contributed by atoms with Gasteiger partial charge in [0.2, 0.25) is 45.5 Å². The maximum atomic E-state index is 12.6. The highest BCUT2D eigenvalue weighted by Crippen LogP contribution is 2.15. The number of ether oxygens (including phenoxy) is 2. The Balaban J connectivity index is 1.39. The van der Waals surface area contributed by atoms with Gasteiger partial charge in [-0.3, -0.25) is 48.4 Å². The van der Waals surface area contributed by atoms with Gasteiger partial charge in [-0.1, -0.05) is 121 Å². The number of sulfonamides is 1. The number of hydrogen-bond acceptors (Lipinski definition) is 19. The van der Waals surface area contributed by atoms with Gasteiger partial charge in [-0.25, -0.2) is 23.0 Å². The number of hydrogen-bond donors (Lipinski definition) is 12. The molecule has 0 radical (unpaired) electrons. The molecule has 31 heteroatoms. The van der Waals surface area contributed by atoms with Gasteiger partial charge in [0.25, 0.3) is 0 Å². The highest BCUT2D eigenvalue weighted by Gasteiger charge is 2.25. The van der Waals surface area contributed by atoms with E-state index in [-0.39, 0.29) is 121 Å². The average Bonchev–Trinajstić information content (AvgIpc) is 3.78. The van der Waals surface area contributed by atoms with E-state index in [1.165, 1.54) is 57.7 Å². The molecule has 0 fully saturated rings. The molecule has 2 aromatic rings. The first-order valence-electron chi connectivity index (χ1n) is 33.5. The van der Waals surface area contributed by atoms with E-state index >= 15 is 0 Å². The van der Waals surface area contributed by atoms with Crippen molar-refractivity contribution in [3.8, 4) is 0 Å². The number of aromatic amines is 2. The lowest BCUT2D eigenvalue weighted by atomic mass is 10.0. The lowest BCUT2D eigenvalue weighted by molar-refractivity contribution is -0.143. The van der Waals surface area contributed by atoms with Crippen LogP contribution in [-0.2, 0) is 80.3 Å². The summed E-state index contributed by atoms with van der Waals surface area (Å²) in [6.45, 7) is 0.869. The molecular weight excluding hydrogens is 1230 g/mol. The van der Waals surface area contributed by atoms with E-state index in [4.69, 9.17) is 9.47 Å². The number of aromatic nitrogens is 6. The molecule has 2 aromatic heterocycles. The summed E-state index contributed by atoms with van der Waals surface area (Å²) in [5, 5.41) is 58.4. The number of unbranched alkanes of at least 4 members (excludes halogenated alkanes) is 21. The summed E-state index contributed by atoms with van der Waals surface area (Å²) in [4.78, 5) is 128. The number of aryl methyl sites for hydroxylation is 2. The van der Waals surface area contributed by atoms with Crippen molar-refractivity contribution in [2.24, 2.45) is 0 Å². The minimum atomic E-state index is -3.81. The van der Waals surface area contributed by atoms with Gasteiger partial charge >= 0.3 is 17.9 Å². The van der Waals surface area contributed by atoms with E-state index in [1.807, 2.05) is 0 Å². The molecule has 0 saturated carbocycles. The van der Waals surface area contributed by atoms with Crippen LogP contribution in [0.15, 0.2) is 12.5 Å². The molecule has 0 bridgehead atoms. The Bertz CT molecular complexity index is 2530. The van der Waals surface area contributed by atoms with Gasteiger partial charge in [0.05, 0.1) is 38.4 Å². The number of H-pyrrole nitrogens is 2. The predicted octanol–water partition coefficient (Wildman–Crippen LogP) is 4.55. The van der Waals surface area contributed by atoms with E-state index in [0.29, 0.717) is 45.2 Å². The zero-order valence-electron chi connectivity index (χ0n) is 54.5. The van der Waals surface area contributed by atoms with Crippen LogP contribution in [0.3, 0.4) is 0 Å². The first-order valence-corrected chi connectivity index (χ1v) is 35.2. The first kappa shape index (κ1) is 82.1. The van der Waals surface area contributed by atoms with Crippen molar-refractivity contribution in [1.82, 2.24) is 67.2 Å². The van der Waals surface area contributed by atoms with Crippen LogP contribution >= 0.6 is 0 Å². The van der Waals surface area contributed by atoms with E-state index in [0.717, 1.165) is 95.0 Å². The van der Waals surface area contributed by atoms with Crippen molar-refractivity contribution < 1.29 is 81.2 Å². The normalized spacial score (nSPS) is 12.3. The highest BCUT2D eigenvalue weighted by atomic mass is 32.2. The quantitative estimate of drug-likeness (QED) is 0.0404. The number of amides is 6. The number of nitrogens with zero attached hydrogens (tertiary/aromatic N) is 4. The van der Waals surface area contributed by atoms with Gasteiger partial charge in [-0.15, -0.1) is 10.2 Å². The van der Waals surface area contributed by atoms with Crippen LogP contribution in [0.5, 0.6) is 0 Å². The number of ketones is 1. The summed E-state index contributed by atoms with van der Waals surface area (Å²) in [5.74, 6) is -6.29. The second-order valence-corrected chi connectivity index (χ2v) is 25.2. The summed E-state index contributed by atoms with van der Waals surface area (Å²) in [6, 6.07) is -3.69. The Kier molecular flexibility index (Phi) is 47.1. The molecular formula is C62H107N13O17S. The van der Waals surface area contributed by atoms with Crippen LogP contribution in [-0.4, -0.2) is 190 Å². The number of imidazole rings is 1. The molecule has 0 aliphatic rings. The third-order valence-electron chi connectivity index (χ3n) is 15.3. The van der Waals surface area contributed by atoms with Crippen LogP contribution in [0.4, 0.5) is 0 Å². The fourth-order valence-electron chi connectivity index (χ4n) is 9.88. The lowest BCUT2D eigenvalue weighted by Gasteiger charge is -2.17. The Morgan fingerprint density at radius 2 is 0.957 bits per heavy atom. The Hall–Kier alpha value is -6.99. The third kappa shape index (κ3) is 47.5. The van der Waals surface area contributed by atoms with Crippen LogP contribution < -0.4 is 36.6 Å². The zero-order chi connectivity index (χ0) is 68.0. The van der Waals surface area contributed by atoms with Crippen LogP contribution in [0.25, 0.3) is 0 Å². The van der Waals surface area contributed by atoms with Crippen molar-refractivity contribution >= 4 is 69.2 Å². The molecule has 0 spiro atoms. The summed E-state index contributed by atoms with van der Waals surface area (Å²) in [6.07, 6.45) is 27.6. The predicted molar refractivity (Wildman–Crippen MR) is 343 cm³/mol. The Labute approximate surface area is 547 Å². The molecule has 3 atom stereocenters. The molecule has 0 aliphatic carbocycles. The Morgan fingerprint density at radius 1 is 0.473 bits per heavy atom. The number of Topliss-reactive ketones (excluding diaryl/α,β-unsaturated/α-hetero) is 1. The minimum absolute atomic E-state index is 0.0486. The van der Waals surface area contributed by atoms with Crippen molar-refractivity contribution in [3.05, 3.63) is 24.0 Å². The van der Waals surface area contributed by atoms with Gasteiger partial charge in [0.15, 0.2) is 5.82 Å². The average molecular weight is 1340 g/mol. The number of nitrogens with one attached hydrogen (secondary N) is 9. The highest BCUT2D eigenvalue weighted by molar-refractivity contribution is 7.90. The fraction of sp³-hybridized carbons (Fsp3) is 0.774. The SMILES string of the molecule is O=C(CCc1cnc[nH]1)CN[C@@H](CCCCNC(=O)COCCOCCNC(=O)CCC(NC(=O)CCC(NC(=O)CCCCCCCCCCCNC(=O)CCCS(=O)(=O)NC(=O)CCCCCCCCCCCCCCCc1nn[nH]n1)C(=O)O)C(=O)O)C(=O)O. The maximum absolute atomic E-state index is 12.6. The standard InChI is InChI=1S/C62H107N13O17S/c76-49(32-31-48-44-63-47-68-48)45-67-50(60(83)84)26-22-24-38-65-59(82)46-92-42-41-91-40-39-66-55(78)35-33-51(61(85)86)70-57(80)36-34-52(62(87)88)69-56(79)28-20-16-12-9-6-10-14-18-23-37-64-54(77)30-25-43-93(89,90)73-58(81)29-21-17-13-8-5-3-1-2-4-7-11-15-19-27-53-71-74-75-72-53/h44,47,50-52,67H,1-43,45-46H2,(H,63,68)(H,64,77)(H,65,82)(H,66,78)(H,69,79)(H,70,80)(H,73,81)(H,83,84)(H,85,86)(H,87,88)(H,71,72,74,75)/t50-,51?,52?/m0/s1. The van der Waals surface area contributed by atoms with Gasteiger partial charge in [-0.05, 0) is 70.6 Å². The summed E-state index contributed by atoms with van der Waals surface area (Å²) in [7, 11) is -3.81. The third-order valence-corrected chi connectivity index (χ3v) is 16.6. The van der Waals surface area contributed by atoms with E-state index < -0.39 is 76.1 Å². The fourth-order valence-corrected chi connectivity index (χ4v) is 11.0. The molecule has 0 aromatic carbocycles. The molecule has 12 N–H and O–H groups in total. The summed E-state index contributed by atoms with van der Waals surface area (Å²) < 4.78 is 37.6. The zero-order valence-corrected chi connectivity index (χ0v) is 55.3. The number of carbonyl (C=O) groups is 10. The summed E-state index contributed by atoms with van der Waals surface area (Å²) in [5.41, 5.74) is 0.817. The molecule has 2 heterocycles. The molecule has 30 nitrogen and oxygen atoms in total. The number of aliphatic carboxylic acids is 3. The maximum Gasteiger partial charge on any atom is 0.326 e. The van der Waals surface area contributed by atoms with Crippen LogP contribution in [0.2, 0.25) is 0 Å². The van der Waals surface area contributed by atoms with Crippen LogP contribution in [0.1, 0.15) is 230 Å². The largest absolute Gasteiger partial charge is 0.480 e. The first-order chi connectivity index (χ1) is 44.8. The van der Waals surface area contributed by atoms with Crippen molar-refractivity contribution in [3.63, 3.8) is 0 Å². The second kappa shape index (κ2) is 53.4. The van der Waals surface area contributed by atoms with Gasteiger partial charge in [-0.2, -0.15) is 5.21 Å². The molecule has 93 heavy (non-hydrogen) atoms. The van der Waals surface area contributed by atoms with Gasteiger partial charge in [0, 0.05) is 76.5 Å². The topological polar surface area (TPSA) is 451 Å². The molecule has 6 amide bonds. The molecule has 0 aliphatic heterocycles. The monoisotopic (exact) mass is 1340 g/mol. The van der Waals surface area contributed by atoms with E-state index in [1.54, 1.807) is 6.20 Å². The van der Waals surface area contributed by atoms with Gasteiger partial charge < -0.3 is 56.4 Å². The van der Waals surface area contributed by atoms with Gasteiger partial charge in [0.1, 0.15) is 30.5 Å². The van der Waals surface area contributed by atoms with Crippen molar-refractivity contribution in [2.75, 3.05) is 58.4 Å². The molecule has 2 rings (SSSR count). The number of rotatable bonds is 63. The molecule has 2 unspecified atom stereocenters. The Morgan fingerprint density at radius 3 is 1.52 bits per heavy atom. The minimum Gasteiger partial charge on any atom is -0.480 e. The number of carboxylic acids is 3. The second-order valence-electron chi connectivity index (χ2n) is 23.4. The summed E-state index contributed by atoms with van der Waals surface area (Å²) >= 11 is 0. The molecule has 528 valence electrons. The van der Waals surface area contributed by atoms with Crippen molar-refractivity contribution in [2.45, 2.75) is 249 Å². The number of tetrazole rings is 1. The van der Waals surface area contributed by atoms with E-state index in [2.05, 4.69) is 67.2 Å². The van der Waals surface area contributed by atoms with Crippen LogP contribution in [0, 0.1) is 0 Å². The van der Waals surface area contributed by atoms with Crippen molar-refractivity contribution in [1.29, 1.82) is 0 Å².